The molecule has 1 saturated heterocycles. The van der Waals surface area contributed by atoms with Crippen LogP contribution < -0.4 is 5.73 Å². The molecule has 2 nitrogen and oxygen atoms in total. The van der Waals surface area contributed by atoms with Gasteiger partial charge in [-0.05, 0) is 63.7 Å². The van der Waals surface area contributed by atoms with Gasteiger partial charge in [0.15, 0.2) is 0 Å². The van der Waals surface area contributed by atoms with E-state index >= 15 is 0 Å². The number of likely N-dealkylation sites (tertiary alicyclic amines) is 1. The lowest BCUT2D eigenvalue weighted by atomic mass is 9.90. The number of nitrogens with zero attached hydrogens (tertiary/aromatic N) is 1. The molecule has 1 aromatic rings. The summed E-state index contributed by atoms with van der Waals surface area (Å²) in [5.74, 6) is 0.566. The third kappa shape index (κ3) is 3.77. The van der Waals surface area contributed by atoms with E-state index in [-0.39, 0.29) is 5.82 Å². The molecule has 19 heavy (non-hydrogen) atoms. The highest BCUT2D eigenvalue weighted by molar-refractivity contribution is 5.18. The van der Waals surface area contributed by atoms with Crippen LogP contribution >= 0.6 is 0 Å². The Hall–Kier alpha value is -0.930. The van der Waals surface area contributed by atoms with Gasteiger partial charge >= 0.3 is 0 Å². The van der Waals surface area contributed by atoms with E-state index in [0.29, 0.717) is 18.0 Å². The van der Waals surface area contributed by atoms with E-state index in [2.05, 4.69) is 18.7 Å². The van der Waals surface area contributed by atoms with Gasteiger partial charge in [0.05, 0.1) is 0 Å². The SMILES string of the molecule is CC(N)C1CCN(C(C)Cc2ccccc2F)CC1. The molecule has 0 radical (unpaired) electrons. The summed E-state index contributed by atoms with van der Waals surface area (Å²) in [6, 6.07) is 7.78. The maximum Gasteiger partial charge on any atom is 0.126 e. The van der Waals surface area contributed by atoms with Gasteiger partial charge in [-0.15, -0.1) is 0 Å². The molecule has 1 heterocycles. The largest absolute Gasteiger partial charge is 0.328 e. The summed E-state index contributed by atoms with van der Waals surface area (Å²) in [6.45, 7) is 6.46. The molecule has 1 aliphatic heterocycles. The van der Waals surface area contributed by atoms with Crippen LogP contribution in [0.2, 0.25) is 0 Å². The van der Waals surface area contributed by atoms with E-state index in [1.54, 1.807) is 12.1 Å². The molecule has 1 aromatic carbocycles. The number of piperidine rings is 1. The second-order valence-corrected chi connectivity index (χ2v) is 5.88. The highest BCUT2D eigenvalue weighted by Crippen LogP contribution is 2.22. The van der Waals surface area contributed by atoms with Crippen LogP contribution in [0.1, 0.15) is 32.3 Å². The first-order valence-electron chi connectivity index (χ1n) is 7.31. The van der Waals surface area contributed by atoms with Crippen LogP contribution in [0.5, 0.6) is 0 Å². The Bertz CT molecular complexity index is 397. The number of hydrogen-bond donors (Lipinski definition) is 1. The summed E-state index contributed by atoms with van der Waals surface area (Å²) >= 11 is 0. The second-order valence-electron chi connectivity index (χ2n) is 5.88. The van der Waals surface area contributed by atoms with Crippen LogP contribution in [0.15, 0.2) is 24.3 Å². The van der Waals surface area contributed by atoms with Crippen LogP contribution in [0.4, 0.5) is 4.39 Å². The second kappa shape index (κ2) is 6.49. The Kier molecular flexibility index (Phi) is 4.94. The third-order valence-corrected chi connectivity index (χ3v) is 4.41. The van der Waals surface area contributed by atoms with Crippen molar-refractivity contribution in [3.63, 3.8) is 0 Å². The summed E-state index contributed by atoms with van der Waals surface area (Å²) in [6.07, 6.45) is 3.12. The highest BCUT2D eigenvalue weighted by Gasteiger charge is 2.25. The molecule has 1 fully saturated rings. The Morgan fingerprint density at radius 2 is 1.89 bits per heavy atom. The van der Waals surface area contributed by atoms with E-state index in [0.717, 1.165) is 25.1 Å². The third-order valence-electron chi connectivity index (χ3n) is 4.41. The van der Waals surface area contributed by atoms with Crippen molar-refractivity contribution >= 4 is 0 Å². The Balaban J connectivity index is 1.88. The monoisotopic (exact) mass is 264 g/mol. The molecule has 0 aromatic heterocycles. The average Bonchev–Trinajstić information content (AvgIpc) is 2.41. The molecule has 1 aliphatic rings. The normalized spacial score (nSPS) is 21.3. The molecule has 2 atom stereocenters. The smallest absolute Gasteiger partial charge is 0.126 e. The fourth-order valence-electron chi connectivity index (χ4n) is 3.00. The van der Waals surface area contributed by atoms with E-state index in [1.165, 1.54) is 12.8 Å². The van der Waals surface area contributed by atoms with Crippen LogP contribution in [-0.2, 0) is 6.42 Å². The zero-order valence-corrected chi connectivity index (χ0v) is 12.0. The molecule has 0 aliphatic carbocycles. The molecule has 2 N–H and O–H groups in total. The first-order valence-corrected chi connectivity index (χ1v) is 7.31. The van der Waals surface area contributed by atoms with Gasteiger partial charge in [0.1, 0.15) is 5.82 Å². The zero-order chi connectivity index (χ0) is 13.8. The number of rotatable bonds is 4. The fraction of sp³-hybridized carbons (Fsp3) is 0.625. The van der Waals surface area contributed by atoms with Crippen LogP contribution in [0, 0.1) is 11.7 Å². The molecule has 0 bridgehead atoms. The Morgan fingerprint density at radius 1 is 1.26 bits per heavy atom. The summed E-state index contributed by atoms with van der Waals surface area (Å²) in [4.78, 5) is 2.46. The lowest BCUT2D eigenvalue weighted by Gasteiger charge is -2.37. The van der Waals surface area contributed by atoms with Crippen molar-refractivity contribution in [2.24, 2.45) is 11.7 Å². The van der Waals surface area contributed by atoms with E-state index in [9.17, 15) is 4.39 Å². The van der Waals surface area contributed by atoms with Crippen molar-refractivity contribution in [2.75, 3.05) is 13.1 Å². The molecule has 0 amide bonds. The van der Waals surface area contributed by atoms with E-state index < -0.39 is 0 Å². The maximum absolute atomic E-state index is 13.7. The first kappa shape index (κ1) is 14.5. The predicted molar refractivity (Wildman–Crippen MR) is 77.5 cm³/mol. The summed E-state index contributed by atoms with van der Waals surface area (Å²) < 4.78 is 13.7. The minimum atomic E-state index is -0.0835. The molecule has 3 heteroatoms. The molecule has 106 valence electrons. The molecular formula is C16H25FN2. The van der Waals surface area contributed by atoms with Crippen molar-refractivity contribution < 1.29 is 4.39 Å². The predicted octanol–water partition coefficient (Wildman–Crippen LogP) is 2.82. The summed E-state index contributed by atoms with van der Waals surface area (Å²) in [7, 11) is 0. The molecule has 2 unspecified atom stereocenters. The van der Waals surface area contributed by atoms with E-state index in [4.69, 9.17) is 5.73 Å². The minimum Gasteiger partial charge on any atom is -0.328 e. The summed E-state index contributed by atoms with van der Waals surface area (Å²) in [5, 5.41) is 0. The Morgan fingerprint density at radius 3 is 2.47 bits per heavy atom. The quantitative estimate of drug-likeness (QED) is 0.906. The molecule has 2 rings (SSSR count). The van der Waals surface area contributed by atoms with Gasteiger partial charge in [0.25, 0.3) is 0 Å². The van der Waals surface area contributed by atoms with Crippen molar-refractivity contribution in [1.29, 1.82) is 0 Å². The fourth-order valence-corrected chi connectivity index (χ4v) is 3.00. The minimum absolute atomic E-state index is 0.0835. The van der Waals surface area contributed by atoms with Crippen molar-refractivity contribution in [3.05, 3.63) is 35.6 Å². The lowest BCUT2D eigenvalue weighted by Crippen LogP contribution is -2.44. The number of nitrogens with two attached hydrogens (primary N) is 1. The number of halogens is 1. The molecule has 0 spiro atoms. The van der Waals surface area contributed by atoms with Gasteiger partial charge in [0.2, 0.25) is 0 Å². The van der Waals surface area contributed by atoms with Crippen LogP contribution in [0.25, 0.3) is 0 Å². The molecule has 0 saturated carbocycles. The van der Waals surface area contributed by atoms with Gasteiger partial charge in [0, 0.05) is 12.1 Å². The highest BCUT2D eigenvalue weighted by atomic mass is 19.1. The molecular weight excluding hydrogens is 239 g/mol. The van der Waals surface area contributed by atoms with Gasteiger partial charge in [-0.3, -0.25) is 0 Å². The van der Waals surface area contributed by atoms with Crippen molar-refractivity contribution in [1.82, 2.24) is 4.90 Å². The first-order chi connectivity index (χ1) is 9.08. The average molecular weight is 264 g/mol. The van der Waals surface area contributed by atoms with Crippen LogP contribution in [0.3, 0.4) is 0 Å². The van der Waals surface area contributed by atoms with Gasteiger partial charge in [-0.1, -0.05) is 18.2 Å². The van der Waals surface area contributed by atoms with Gasteiger partial charge < -0.3 is 10.6 Å². The topological polar surface area (TPSA) is 29.3 Å². The van der Waals surface area contributed by atoms with E-state index in [1.807, 2.05) is 12.1 Å². The Labute approximate surface area is 115 Å². The number of hydrogen-bond acceptors (Lipinski definition) is 2. The van der Waals surface area contributed by atoms with Crippen molar-refractivity contribution in [3.8, 4) is 0 Å². The van der Waals surface area contributed by atoms with Crippen molar-refractivity contribution in [2.45, 2.75) is 45.2 Å². The number of benzene rings is 1. The zero-order valence-electron chi connectivity index (χ0n) is 12.0. The maximum atomic E-state index is 13.7. The standard InChI is InChI=1S/C16H25FN2/c1-12(11-15-5-3-4-6-16(15)17)19-9-7-14(8-10-19)13(2)18/h3-6,12-14H,7-11,18H2,1-2H3. The van der Waals surface area contributed by atoms with Gasteiger partial charge in [-0.2, -0.15) is 0 Å². The van der Waals surface area contributed by atoms with Gasteiger partial charge in [-0.25, -0.2) is 4.39 Å². The summed E-state index contributed by atoms with van der Waals surface area (Å²) in [5.41, 5.74) is 6.79. The van der Waals surface area contributed by atoms with Crippen LogP contribution in [-0.4, -0.2) is 30.1 Å². The lowest BCUT2D eigenvalue weighted by molar-refractivity contribution is 0.131.